The van der Waals surface area contributed by atoms with Gasteiger partial charge in [0.2, 0.25) is 0 Å². The summed E-state index contributed by atoms with van der Waals surface area (Å²) in [6, 6.07) is 3.43. The molecule has 1 aliphatic rings. The largest absolute Gasteiger partial charge is 0.328 e. The fraction of sp³-hybridized carbons (Fsp3) is 0.714. The number of nitrogens with zero attached hydrogens (tertiary/aromatic N) is 1. The predicted octanol–water partition coefficient (Wildman–Crippen LogP) is 3.15. The number of hydrogen-bond acceptors (Lipinski definition) is 3. The van der Waals surface area contributed by atoms with Crippen LogP contribution in [0.1, 0.15) is 43.0 Å². The highest BCUT2D eigenvalue weighted by Gasteiger charge is 2.23. The summed E-state index contributed by atoms with van der Waals surface area (Å²) in [5.41, 5.74) is 7.43. The number of hydrogen-bond donors (Lipinski definition) is 1. The Morgan fingerprint density at radius 1 is 1.35 bits per heavy atom. The maximum atomic E-state index is 5.98. The second-order valence-corrected chi connectivity index (χ2v) is 6.16. The standard InChI is InChI=1S/C14H24N2S/c1-3-16(10-14-11(2)8-9-17-14)13-6-4-12(15)5-7-13/h8-9,12-13H,3-7,10,15H2,1-2H3. The molecule has 0 radical (unpaired) electrons. The second kappa shape index (κ2) is 5.98. The molecule has 2 nitrogen and oxygen atoms in total. The van der Waals surface area contributed by atoms with Gasteiger partial charge in [0, 0.05) is 23.5 Å². The predicted molar refractivity (Wildman–Crippen MR) is 75.4 cm³/mol. The van der Waals surface area contributed by atoms with Crippen molar-refractivity contribution in [3.63, 3.8) is 0 Å². The van der Waals surface area contributed by atoms with Gasteiger partial charge in [0.15, 0.2) is 0 Å². The summed E-state index contributed by atoms with van der Waals surface area (Å²) in [6.45, 7) is 6.77. The van der Waals surface area contributed by atoms with Crippen LogP contribution in [-0.2, 0) is 6.54 Å². The van der Waals surface area contributed by atoms with Crippen LogP contribution in [0.4, 0.5) is 0 Å². The molecule has 0 amide bonds. The molecule has 17 heavy (non-hydrogen) atoms. The molecule has 1 aliphatic carbocycles. The molecule has 1 heterocycles. The molecule has 3 heteroatoms. The Morgan fingerprint density at radius 2 is 2.06 bits per heavy atom. The van der Waals surface area contributed by atoms with Gasteiger partial charge in [-0.25, -0.2) is 0 Å². The van der Waals surface area contributed by atoms with Crippen molar-refractivity contribution >= 4 is 11.3 Å². The SMILES string of the molecule is CCN(Cc1sccc1C)C1CCC(N)CC1. The van der Waals surface area contributed by atoms with Gasteiger partial charge in [-0.15, -0.1) is 11.3 Å². The lowest BCUT2D eigenvalue weighted by atomic mass is 9.90. The van der Waals surface area contributed by atoms with Gasteiger partial charge in [-0.2, -0.15) is 0 Å². The minimum Gasteiger partial charge on any atom is -0.328 e. The number of nitrogens with two attached hydrogens (primary N) is 1. The van der Waals surface area contributed by atoms with Gasteiger partial charge in [0.1, 0.15) is 0 Å². The van der Waals surface area contributed by atoms with Gasteiger partial charge < -0.3 is 5.73 Å². The minimum absolute atomic E-state index is 0.452. The lowest BCUT2D eigenvalue weighted by Crippen LogP contribution is -2.40. The molecule has 1 aromatic heterocycles. The Morgan fingerprint density at radius 3 is 2.59 bits per heavy atom. The number of aryl methyl sites for hydroxylation is 1. The van der Waals surface area contributed by atoms with Crippen LogP contribution in [0.5, 0.6) is 0 Å². The lowest BCUT2D eigenvalue weighted by Gasteiger charge is -2.35. The minimum atomic E-state index is 0.452. The quantitative estimate of drug-likeness (QED) is 0.892. The van der Waals surface area contributed by atoms with Crippen LogP contribution >= 0.6 is 11.3 Å². The Labute approximate surface area is 109 Å². The highest BCUT2D eigenvalue weighted by Crippen LogP contribution is 2.25. The summed E-state index contributed by atoms with van der Waals surface area (Å²) in [6.07, 6.45) is 4.95. The van der Waals surface area contributed by atoms with Crippen molar-refractivity contribution < 1.29 is 0 Å². The van der Waals surface area contributed by atoms with Gasteiger partial charge in [-0.1, -0.05) is 6.92 Å². The summed E-state index contributed by atoms with van der Waals surface area (Å²) in [5, 5.41) is 2.20. The molecule has 1 aromatic rings. The van der Waals surface area contributed by atoms with E-state index in [1.54, 1.807) is 0 Å². The van der Waals surface area contributed by atoms with E-state index in [9.17, 15) is 0 Å². The van der Waals surface area contributed by atoms with Crippen molar-refractivity contribution in [2.75, 3.05) is 6.54 Å². The average molecular weight is 252 g/mol. The Balaban J connectivity index is 1.95. The first-order valence-corrected chi connectivity index (χ1v) is 7.61. The average Bonchev–Trinajstić information content (AvgIpc) is 2.73. The van der Waals surface area contributed by atoms with Gasteiger partial charge >= 0.3 is 0 Å². The summed E-state index contributed by atoms with van der Waals surface area (Å²) >= 11 is 1.89. The van der Waals surface area contributed by atoms with E-state index in [1.807, 2.05) is 11.3 Å². The van der Waals surface area contributed by atoms with Gasteiger partial charge in [-0.3, -0.25) is 4.90 Å². The van der Waals surface area contributed by atoms with Crippen molar-refractivity contribution in [1.29, 1.82) is 0 Å². The molecule has 0 aliphatic heterocycles. The third-order valence-corrected chi connectivity index (χ3v) is 4.99. The zero-order valence-corrected chi connectivity index (χ0v) is 11.8. The summed E-state index contributed by atoms with van der Waals surface area (Å²) in [5.74, 6) is 0. The molecule has 1 fully saturated rings. The number of thiophene rings is 1. The highest BCUT2D eigenvalue weighted by molar-refractivity contribution is 7.10. The van der Waals surface area contributed by atoms with Crippen LogP contribution in [-0.4, -0.2) is 23.5 Å². The first kappa shape index (κ1) is 13.1. The van der Waals surface area contributed by atoms with Gasteiger partial charge in [-0.05, 0) is 56.2 Å². The van der Waals surface area contributed by atoms with E-state index in [2.05, 4.69) is 30.2 Å². The van der Waals surface area contributed by atoms with Crippen LogP contribution in [0.25, 0.3) is 0 Å². The van der Waals surface area contributed by atoms with Crippen molar-refractivity contribution in [3.8, 4) is 0 Å². The van der Waals surface area contributed by atoms with Crippen LogP contribution in [0.2, 0.25) is 0 Å². The van der Waals surface area contributed by atoms with Crippen molar-refractivity contribution in [2.45, 2.75) is 58.2 Å². The fourth-order valence-electron chi connectivity index (χ4n) is 2.72. The van der Waals surface area contributed by atoms with E-state index in [1.165, 1.54) is 36.1 Å². The van der Waals surface area contributed by atoms with E-state index < -0.39 is 0 Å². The highest BCUT2D eigenvalue weighted by atomic mass is 32.1. The normalized spacial score (nSPS) is 25.4. The topological polar surface area (TPSA) is 29.3 Å². The van der Waals surface area contributed by atoms with Crippen LogP contribution in [0, 0.1) is 6.92 Å². The first-order chi connectivity index (χ1) is 8.20. The molecule has 0 saturated heterocycles. The van der Waals surface area contributed by atoms with Crippen molar-refractivity contribution in [1.82, 2.24) is 4.90 Å². The first-order valence-electron chi connectivity index (χ1n) is 6.73. The van der Waals surface area contributed by atoms with Gasteiger partial charge in [0.05, 0.1) is 0 Å². The Hall–Kier alpha value is -0.380. The molecule has 0 spiro atoms. The molecular formula is C14H24N2S. The zero-order valence-electron chi connectivity index (χ0n) is 11.0. The molecule has 96 valence electrons. The molecule has 2 rings (SSSR count). The summed E-state index contributed by atoms with van der Waals surface area (Å²) in [7, 11) is 0. The second-order valence-electron chi connectivity index (χ2n) is 5.16. The van der Waals surface area contributed by atoms with E-state index in [0.29, 0.717) is 6.04 Å². The molecule has 0 aromatic carbocycles. The van der Waals surface area contributed by atoms with Crippen LogP contribution in [0.3, 0.4) is 0 Å². The monoisotopic (exact) mass is 252 g/mol. The lowest BCUT2D eigenvalue weighted by molar-refractivity contribution is 0.150. The summed E-state index contributed by atoms with van der Waals surface area (Å²) < 4.78 is 0. The third-order valence-electron chi connectivity index (χ3n) is 3.98. The van der Waals surface area contributed by atoms with Crippen molar-refractivity contribution in [3.05, 3.63) is 21.9 Å². The van der Waals surface area contributed by atoms with E-state index in [4.69, 9.17) is 5.73 Å². The molecule has 1 saturated carbocycles. The number of rotatable bonds is 4. The maximum absolute atomic E-state index is 5.98. The molecule has 0 bridgehead atoms. The van der Waals surface area contributed by atoms with Crippen LogP contribution < -0.4 is 5.73 Å². The molecular weight excluding hydrogens is 228 g/mol. The maximum Gasteiger partial charge on any atom is 0.0333 e. The van der Waals surface area contributed by atoms with E-state index in [0.717, 1.165) is 19.1 Å². The van der Waals surface area contributed by atoms with Gasteiger partial charge in [0.25, 0.3) is 0 Å². The molecule has 0 atom stereocenters. The molecule has 2 N–H and O–H groups in total. The van der Waals surface area contributed by atoms with E-state index in [-0.39, 0.29) is 0 Å². The zero-order chi connectivity index (χ0) is 12.3. The summed E-state index contributed by atoms with van der Waals surface area (Å²) in [4.78, 5) is 4.16. The Kier molecular flexibility index (Phi) is 4.60. The smallest absolute Gasteiger partial charge is 0.0333 e. The molecule has 0 unspecified atom stereocenters. The van der Waals surface area contributed by atoms with Crippen molar-refractivity contribution in [2.24, 2.45) is 5.73 Å². The fourth-order valence-corrected chi connectivity index (χ4v) is 3.65. The van der Waals surface area contributed by atoms with Crippen LogP contribution in [0.15, 0.2) is 11.4 Å². The third kappa shape index (κ3) is 3.30. The Bertz CT molecular complexity index is 340. The van der Waals surface area contributed by atoms with E-state index >= 15 is 0 Å².